The van der Waals surface area contributed by atoms with Crippen molar-refractivity contribution in [1.82, 2.24) is 5.43 Å². The molecule has 0 saturated carbocycles. The molecule has 132 valence electrons. The zero-order valence-corrected chi connectivity index (χ0v) is 14.6. The van der Waals surface area contributed by atoms with E-state index in [-0.39, 0.29) is 12.5 Å². The van der Waals surface area contributed by atoms with Crippen LogP contribution in [0, 0.1) is 0 Å². The molecule has 0 aromatic heterocycles. The summed E-state index contributed by atoms with van der Waals surface area (Å²) >= 11 is 0. The van der Waals surface area contributed by atoms with Crippen LogP contribution in [-0.4, -0.2) is 25.3 Å². The van der Waals surface area contributed by atoms with E-state index in [2.05, 4.69) is 15.8 Å². The summed E-state index contributed by atoms with van der Waals surface area (Å²) < 4.78 is 5.52. The number of carbonyl (C=O) groups excluding carboxylic acids is 1. The average Bonchev–Trinajstić information content (AvgIpc) is 2.68. The molecule has 0 fully saturated rings. The summed E-state index contributed by atoms with van der Waals surface area (Å²) in [5, 5.41) is 9.38. The fourth-order valence-corrected chi connectivity index (χ4v) is 2.64. The number of rotatable bonds is 7. The van der Waals surface area contributed by atoms with Gasteiger partial charge in [0, 0.05) is 16.6 Å². The fraction of sp³-hybridized carbons (Fsp3) is 0.143. The van der Waals surface area contributed by atoms with E-state index in [4.69, 9.17) is 4.74 Å². The fourth-order valence-electron chi connectivity index (χ4n) is 2.64. The lowest BCUT2D eigenvalue weighted by Gasteiger charge is -2.09. The van der Waals surface area contributed by atoms with E-state index in [0.29, 0.717) is 6.61 Å². The highest BCUT2D eigenvalue weighted by Gasteiger charge is 2.03. The molecule has 0 saturated heterocycles. The number of para-hydroxylation sites is 1. The summed E-state index contributed by atoms with van der Waals surface area (Å²) in [4.78, 5) is 12.0. The van der Waals surface area contributed by atoms with Gasteiger partial charge < -0.3 is 10.1 Å². The van der Waals surface area contributed by atoms with Crippen LogP contribution in [0.1, 0.15) is 12.5 Å². The second kappa shape index (κ2) is 8.67. The molecular formula is C21H21N3O2. The number of nitrogens with one attached hydrogen (secondary N) is 2. The zero-order valence-electron chi connectivity index (χ0n) is 14.6. The number of hydrogen-bond acceptors (Lipinski definition) is 4. The van der Waals surface area contributed by atoms with Crippen molar-refractivity contribution in [2.24, 2.45) is 5.10 Å². The minimum Gasteiger partial charge on any atom is -0.493 e. The first-order valence-electron chi connectivity index (χ1n) is 8.53. The summed E-state index contributed by atoms with van der Waals surface area (Å²) in [5.41, 5.74) is 4.27. The molecule has 0 spiro atoms. The Balaban J connectivity index is 1.58. The van der Waals surface area contributed by atoms with E-state index in [9.17, 15) is 4.79 Å². The van der Waals surface area contributed by atoms with Crippen LogP contribution in [0.3, 0.4) is 0 Å². The average molecular weight is 347 g/mol. The van der Waals surface area contributed by atoms with Crippen LogP contribution in [0.25, 0.3) is 10.8 Å². The van der Waals surface area contributed by atoms with Gasteiger partial charge in [-0.1, -0.05) is 48.5 Å². The highest BCUT2D eigenvalue weighted by atomic mass is 16.5. The molecule has 0 aliphatic rings. The molecule has 5 nitrogen and oxygen atoms in total. The lowest BCUT2D eigenvalue weighted by molar-refractivity contribution is -0.119. The molecule has 3 aromatic carbocycles. The molecule has 0 aliphatic carbocycles. The zero-order chi connectivity index (χ0) is 18.2. The van der Waals surface area contributed by atoms with E-state index in [1.54, 1.807) is 6.21 Å². The van der Waals surface area contributed by atoms with Crippen molar-refractivity contribution >= 4 is 28.6 Å². The summed E-state index contributed by atoms with van der Waals surface area (Å²) in [5.74, 6) is 0.518. The summed E-state index contributed by atoms with van der Waals surface area (Å²) in [6, 6.07) is 21.6. The van der Waals surface area contributed by atoms with Crippen molar-refractivity contribution in [3.8, 4) is 5.75 Å². The van der Waals surface area contributed by atoms with E-state index >= 15 is 0 Å². The maximum atomic E-state index is 12.0. The van der Waals surface area contributed by atoms with Gasteiger partial charge in [-0.3, -0.25) is 4.79 Å². The first-order chi connectivity index (χ1) is 12.8. The molecule has 2 N–H and O–H groups in total. The molecular weight excluding hydrogens is 326 g/mol. The molecule has 0 unspecified atom stereocenters. The number of benzene rings is 3. The highest BCUT2D eigenvalue weighted by Crippen LogP contribution is 2.22. The molecule has 3 aromatic rings. The van der Waals surface area contributed by atoms with Crippen LogP contribution >= 0.6 is 0 Å². The number of amides is 1. The number of ether oxygens (including phenoxy) is 1. The number of carbonyl (C=O) groups is 1. The number of hydrogen-bond donors (Lipinski definition) is 2. The van der Waals surface area contributed by atoms with Crippen molar-refractivity contribution in [2.45, 2.75) is 6.92 Å². The Bertz CT molecular complexity index is 917. The molecule has 3 rings (SSSR count). The normalized spacial score (nSPS) is 10.8. The van der Waals surface area contributed by atoms with Crippen molar-refractivity contribution in [2.75, 3.05) is 18.5 Å². The van der Waals surface area contributed by atoms with Gasteiger partial charge in [0.15, 0.2) is 0 Å². The minimum atomic E-state index is -0.219. The third-order valence-electron chi connectivity index (χ3n) is 3.84. The number of nitrogens with zero attached hydrogens (tertiary/aromatic N) is 1. The molecule has 0 bridgehead atoms. The molecule has 0 radical (unpaired) electrons. The Morgan fingerprint density at radius 2 is 1.81 bits per heavy atom. The van der Waals surface area contributed by atoms with Gasteiger partial charge >= 0.3 is 0 Å². The first-order valence-corrected chi connectivity index (χ1v) is 8.53. The predicted octanol–water partition coefficient (Wildman–Crippen LogP) is 3.80. The molecule has 0 atom stereocenters. The molecule has 5 heteroatoms. The molecule has 0 aliphatic heterocycles. The Hall–Kier alpha value is -3.34. The van der Waals surface area contributed by atoms with E-state index in [0.717, 1.165) is 27.8 Å². The van der Waals surface area contributed by atoms with E-state index in [1.165, 1.54) is 0 Å². The van der Waals surface area contributed by atoms with Crippen molar-refractivity contribution in [1.29, 1.82) is 0 Å². The Morgan fingerprint density at radius 1 is 1.04 bits per heavy atom. The van der Waals surface area contributed by atoms with Crippen LogP contribution in [0.15, 0.2) is 71.8 Å². The second-order valence-electron chi connectivity index (χ2n) is 5.64. The van der Waals surface area contributed by atoms with Crippen LogP contribution in [0.2, 0.25) is 0 Å². The number of anilines is 1. The quantitative estimate of drug-likeness (QED) is 0.505. The lowest BCUT2D eigenvalue weighted by atomic mass is 10.1. The van der Waals surface area contributed by atoms with Gasteiger partial charge in [-0.05, 0) is 30.5 Å². The van der Waals surface area contributed by atoms with Gasteiger partial charge in [0.25, 0.3) is 5.91 Å². The summed E-state index contributed by atoms with van der Waals surface area (Å²) in [7, 11) is 0. The van der Waals surface area contributed by atoms with Gasteiger partial charge in [0.05, 0.1) is 19.4 Å². The van der Waals surface area contributed by atoms with Crippen molar-refractivity contribution in [3.63, 3.8) is 0 Å². The topological polar surface area (TPSA) is 62.7 Å². The standard InChI is InChI=1S/C21H21N3O2/c1-2-26-20-13-6-4-9-17(20)14-23-24-21(25)15-22-19-12-7-10-16-8-3-5-11-18(16)19/h3-14,22H,2,15H2,1H3,(H,24,25). The third kappa shape index (κ3) is 4.39. The van der Waals surface area contributed by atoms with Gasteiger partial charge in [-0.2, -0.15) is 5.10 Å². The van der Waals surface area contributed by atoms with Gasteiger partial charge in [0.2, 0.25) is 0 Å². The molecule has 1 amide bonds. The SMILES string of the molecule is CCOc1ccccc1C=NNC(=O)CNc1cccc2ccccc12. The molecule has 0 heterocycles. The first kappa shape index (κ1) is 17.5. The van der Waals surface area contributed by atoms with Crippen LogP contribution in [0.5, 0.6) is 5.75 Å². The number of fused-ring (bicyclic) bond motifs is 1. The van der Waals surface area contributed by atoms with E-state index < -0.39 is 0 Å². The maximum absolute atomic E-state index is 12.0. The van der Waals surface area contributed by atoms with Crippen LogP contribution < -0.4 is 15.5 Å². The third-order valence-corrected chi connectivity index (χ3v) is 3.84. The van der Waals surface area contributed by atoms with E-state index in [1.807, 2.05) is 73.7 Å². The predicted molar refractivity (Wildman–Crippen MR) is 106 cm³/mol. The van der Waals surface area contributed by atoms with Crippen molar-refractivity contribution in [3.05, 3.63) is 72.3 Å². The van der Waals surface area contributed by atoms with Crippen molar-refractivity contribution < 1.29 is 9.53 Å². The highest BCUT2D eigenvalue weighted by molar-refractivity contribution is 5.95. The monoisotopic (exact) mass is 347 g/mol. The van der Waals surface area contributed by atoms with Crippen LogP contribution in [0.4, 0.5) is 5.69 Å². The summed E-state index contributed by atoms with van der Waals surface area (Å²) in [6.07, 6.45) is 1.58. The van der Waals surface area contributed by atoms with Gasteiger partial charge in [-0.15, -0.1) is 0 Å². The Labute approximate surface area is 152 Å². The van der Waals surface area contributed by atoms with Crippen LogP contribution in [-0.2, 0) is 4.79 Å². The summed E-state index contributed by atoms with van der Waals surface area (Å²) in [6.45, 7) is 2.64. The van der Waals surface area contributed by atoms with Gasteiger partial charge in [0.1, 0.15) is 5.75 Å². The number of hydrazone groups is 1. The molecule has 26 heavy (non-hydrogen) atoms. The Kier molecular flexibility index (Phi) is 5.83. The smallest absolute Gasteiger partial charge is 0.259 e. The largest absolute Gasteiger partial charge is 0.493 e. The lowest BCUT2D eigenvalue weighted by Crippen LogP contribution is -2.25. The van der Waals surface area contributed by atoms with Gasteiger partial charge in [-0.25, -0.2) is 5.43 Å². The maximum Gasteiger partial charge on any atom is 0.259 e. The Morgan fingerprint density at radius 3 is 2.69 bits per heavy atom. The minimum absolute atomic E-state index is 0.137. The second-order valence-corrected chi connectivity index (χ2v) is 5.64.